The van der Waals surface area contributed by atoms with Crippen LogP contribution in [0.2, 0.25) is 0 Å². The molecule has 0 heterocycles. The second-order valence-corrected chi connectivity index (χ2v) is 23.7. The fourth-order valence-electron chi connectivity index (χ4n) is 12.1. The lowest BCUT2D eigenvalue weighted by Crippen LogP contribution is -2.03. The Morgan fingerprint density at radius 2 is 0.742 bits per heavy atom. The minimum Gasteiger partial charge on any atom is -0.0995 e. The Balaban J connectivity index is 0.000000119. The maximum Gasteiger partial charge on any atom is -0.00257 e. The van der Waals surface area contributed by atoms with E-state index in [9.17, 15) is 0 Å². The summed E-state index contributed by atoms with van der Waals surface area (Å²) in [6, 6.07) is 59.5. The van der Waals surface area contributed by atoms with Gasteiger partial charge in [0.25, 0.3) is 0 Å². The molecular weight excluding hydrogens is 1070 g/mol. The van der Waals surface area contributed by atoms with Crippen LogP contribution >= 0.6 is 0 Å². The topological polar surface area (TPSA) is 0 Å². The van der Waals surface area contributed by atoms with Gasteiger partial charge in [-0.3, -0.25) is 0 Å². The van der Waals surface area contributed by atoms with Crippen molar-refractivity contribution in [2.24, 2.45) is 0 Å². The number of fused-ring (bicyclic) bond motifs is 7. The standard InChI is InChI=1S/C11H12.C11H10.C11H12.C11H10.2C10H10.C10H8.C9H8.C6H6/c2*1-9-5-4-7-10-6-2-3-8-11(9)10;2*1-9-6-7-10-4-2-3-5-11(10)8-9;1-8-6-9-4-2-3-5-10(9)7-8;2*1-8-6-7-9-4-2-3-5-10(8)9;1-7-5-6-8-3-2-4-9(7)8;1-6-4-2-3-5-6/h2-3,6,8H,1,4-5,7H2;2-6,8H,1,7H2;2-5H,1,6-8H2;2-7H,1,8H2;2*2-5H,1,6-7H2;2-7H,1H2;2,4-6H,1,3H2;2-5H,1H2. The number of hydrogen-bond donors (Lipinski definition) is 0. The fraction of sp³-hybridized carbons (Fsp3) is 0.146. The third-order valence-corrected chi connectivity index (χ3v) is 17.0. The van der Waals surface area contributed by atoms with Crippen molar-refractivity contribution >= 4 is 34.4 Å². The minimum atomic E-state index is 1.01. The summed E-state index contributed by atoms with van der Waals surface area (Å²) >= 11 is 0. The Kier molecular flexibility index (Phi) is 23.0. The molecule has 10 aliphatic rings. The van der Waals surface area contributed by atoms with Crippen molar-refractivity contribution in [1.29, 1.82) is 0 Å². The van der Waals surface area contributed by atoms with Crippen molar-refractivity contribution in [3.63, 3.8) is 0 Å². The van der Waals surface area contributed by atoms with Gasteiger partial charge in [-0.05, 0) is 206 Å². The second kappa shape index (κ2) is 32.2. The Morgan fingerprint density at radius 3 is 1.34 bits per heavy atom. The van der Waals surface area contributed by atoms with E-state index in [1.807, 2.05) is 42.5 Å². The van der Waals surface area contributed by atoms with Gasteiger partial charge in [0.1, 0.15) is 0 Å². The highest BCUT2D eigenvalue weighted by molar-refractivity contribution is 5.88. The lowest BCUT2D eigenvalue weighted by molar-refractivity contribution is 0.823. The van der Waals surface area contributed by atoms with E-state index in [1.165, 1.54) is 161 Å². The third kappa shape index (κ3) is 18.3. The van der Waals surface area contributed by atoms with Gasteiger partial charge in [-0.15, -0.1) is 0 Å². The van der Waals surface area contributed by atoms with E-state index in [0.29, 0.717) is 0 Å². The molecule has 0 fully saturated rings. The molecule has 0 amide bonds. The van der Waals surface area contributed by atoms with Crippen LogP contribution in [-0.2, 0) is 51.4 Å². The largest absolute Gasteiger partial charge is 0.0995 e. The summed E-state index contributed by atoms with van der Waals surface area (Å²) in [6.07, 6.45) is 43.9. The summed E-state index contributed by atoms with van der Waals surface area (Å²) in [5.41, 5.74) is 33.4. The Morgan fingerprint density at radius 1 is 0.270 bits per heavy atom. The normalized spacial score (nSPS) is 16.0. The second-order valence-electron chi connectivity index (χ2n) is 23.7. The van der Waals surface area contributed by atoms with Crippen LogP contribution in [0.1, 0.15) is 110 Å². The number of allylic oxidation sites excluding steroid dienone is 23. The number of aryl methyl sites for hydroxylation is 3. The summed E-state index contributed by atoms with van der Waals surface area (Å²) < 4.78 is 0. The van der Waals surface area contributed by atoms with E-state index in [-0.39, 0.29) is 0 Å². The van der Waals surface area contributed by atoms with E-state index in [2.05, 4.69) is 272 Å². The first-order chi connectivity index (χ1) is 43.4. The Labute approximate surface area is 533 Å². The van der Waals surface area contributed by atoms with Gasteiger partial charge in [-0.1, -0.05) is 331 Å². The monoisotopic (exact) mass is 1150 g/mol. The molecule has 442 valence electrons. The highest BCUT2D eigenvalue weighted by atomic mass is 14.2. The van der Waals surface area contributed by atoms with Crippen molar-refractivity contribution in [3.8, 4) is 0 Å². The molecule has 0 spiro atoms. The predicted molar refractivity (Wildman–Crippen MR) is 390 cm³/mol. The molecule has 0 unspecified atom stereocenters. The molecule has 0 bridgehead atoms. The van der Waals surface area contributed by atoms with Gasteiger partial charge in [0.05, 0.1) is 0 Å². The van der Waals surface area contributed by atoms with Crippen LogP contribution in [0.3, 0.4) is 0 Å². The highest BCUT2D eigenvalue weighted by Gasteiger charge is 2.15. The lowest BCUT2D eigenvalue weighted by Gasteiger charge is -2.16. The molecule has 0 aromatic heterocycles. The number of hydrogen-bond acceptors (Lipinski definition) is 0. The SMILES string of the molecule is C=C1C=CC2=C1C=CC2.C=C1C=CC=C1.C=C1C=CCc2ccccc21.C=C1C=Cc2ccccc21.C=C1C=Cc2ccccc2C1.C=C1CCCc2ccccc21.C=C1CCc2ccccc21.C=C1CCc2ccccc2C1.C=C1Cc2ccccc2C1. The van der Waals surface area contributed by atoms with Gasteiger partial charge in [-0.2, -0.15) is 0 Å². The van der Waals surface area contributed by atoms with E-state index in [4.69, 9.17) is 0 Å². The molecule has 0 N–H and O–H groups in total. The minimum absolute atomic E-state index is 1.01. The van der Waals surface area contributed by atoms with Crippen molar-refractivity contribution in [1.82, 2.24) is 0 Å². The van der Waals surface area contributed by atoms with Crippen LogP contribution in [-0.4, -0.2) is 0 Å². The van der Waals surface area contributed by atoms with E-state index >= 15 is 0 Å². The smallest absolute Gasteiger partial charge is 0.00257 e. The molecule has 0 saturated carbocycles. The predicted octanol–water partition coefficient (Wildman–Crippen LogP) is 23.1. The average molecular weight is 1160 g/mol. The molecular formula is C89H86. The summed E-state index contributed by atoms with van der Waals surface area (Å²) in [6.45, 7) is 35.4. The molecule has 17 rings (SSSR count). The fourth-order valence-corrected chi connectivity index (χ4v) is 12.1. The van der Waals surface area contributed by atoms with Gasteiger partial charge in [0.2, 0.25) is 0 Å². The van der Waals surface area contributed by atoms with Gasteiger partial charge in [0.15, 0.2) is 0 Å². The molecule has 0 saturated heterocycles. The molecule has 7 aromatic rings. The molecule has 0 aliphatic heterocycles. The number of rotatable bonds is 0. The maximum absolute atomic E-state index is 4.06. The zero-order valence-electron chi connectivity index (χ0n) is 52.3. The first-order valence-corrected chi connectivity index (χ1v) is 31.5. The van der Waals surface area contributed by atoms with E-state index in [0.717, 1.165) is 61.7 Å². The van der Waals surface area contributed by atoms with Gasteiger partial charge in [-0.25, -0.2) is 0 Å². The molecule has 89 heavy (non-hydrogen) atoms. The summed E-state index contributed by atoms with van der Waals surface area (Å²) in [4.78, 5) is 0. The molecule has 0 heteroatoms. The zero-order chi connectivity index (χ0) is 62.3. The molecule has 0 atom stereocenters. The van der Waals surface area contributed by atoms with Gasteiger partial charge >= 0.3 is 0 Å². The summed E-state index contributed by atoms with van der Waals surface area (Å²) in [5.74, 6) is 0. The Hall–Kier alpha value is -9.88. The first kappa shape index (κ1) is 63.6. The van der Waals surface area contributed by atoms with Gasteiger partial charge in [0, 0.05) is 0 Å². The van der Waals surface area contributed by atoms with Crippen molar-refractivity contribution < 1.29 is 0 Å². The van der Waals surface area contributed by atoms with E-state index < -0.39 is 0 Å². The summed E-state index contributed by atoms with van der Waals surface area (Å²) in [7, 11) is 0. The van der Waals surface area contributed by atoms with Crippen LogP contribution in [0.25, 0.3) is 34.4 Å². The first-order valence-electron chi connectivity index (χ1n) is 31.5. The molecule has 7 aromatic carbocycles. The lowest BCUT2D eigenvalue weighted by atomic mass is 9.88. The third-order valence-electron chi connectivity index (χ3n) is 17.0. The quantitative estimate of drug-likeness (QED) is 0.133. The van der Waals surface area contributed by atoms with Crippen molar-refractivity contribution in [3.05, 3.63) is 419 Å². The van der Waals surface area contributed by atoms with Crippen molar-refractivity contribution in [2.75, 3.05) is 0 Å². The summed E-state index contributed by atoms with van der Waals surface area (Å²) in [5, 5.41) is 0. The molecule has 0 radical (unpaired) electrons. The zero-order valence-corrected chi connectivity index (χ0v) is 52.3. The maximum atomic E-state index is 4.06. The van der Waals surface area contributed by atoms with Gasteiger partial charge < -0.3 is 0 Å². The number of benzene rings is 7. The van der Waals surface area contributed by atoms with Crippen LogP contribution in [0, 0.1) is 0 Å². The molecule has 0 nitrogen and oxygen atoms in total. The van der Waals surface area contributed by atoms with Crippen LogP contribution < -0.4 is 0 Å². The van der Waals surface area contributed by atoms with E-state index in [1.54, 1.807) is 0 Å². The average Bonchev–Trinajstić information content (AvgIpc) is 4.67. The van der Waals surface area contributed by atoms with Crippen molar-refractivity contribution in [2.45, 2.75) is 83.5 Å². The Bertz CT molecular complexity index is 4030. The van der Waals surface area contributed by atoms with Crippen LogP contribution in [0.5, 0.6) is 0 Å². The molecule has 10 aliphatic carbocycles. The highest BCUT2D eigenvalue weighted by Crippen LogP contribution is 2.33. The van der Waals surface area contributed by atoms with Crippen LogP contribution in [0.15, 0.2) is 341 Å². The van der Waals surface area contributed by atoms with Crippen LogP contribution in [0.4, 0.5) is 0 Å².